The Hall–Kier alpha value is -4.58. The van der Waals surface area contributed by atoms with Gasteiger partial charge in [-0.1, -0.05) is 6.07 Å². The number of amides is 4. The van der Waals surface area contributed by atoms with Gasteiger partial charge in [0.2, 0.25) is 0 Å². The molecule has 0 bridgehead atoms. The molecule has 1 N–H and O–H groups in total. The summed E-state index contributed by atoms with van der Waals surface area (Å²) in [5.74, 6) is -1.84. The van der Waals surface area contributed by atoms with Crippen molar-refractivity contribution in [3.05, 3.63) is 97.8 Å². The molecule has 1 fully saturated rings. The number of nitrogens with zero attached hydrogens (tertiary/aromatic N) is 2. The van der Waals surface area contributed by atoms with Crippen LogP contribution >= 0.6 is 15.9 Å². The molecule has 1 heterocycles. The first-order valence-corrected chi connectivity index (χ1v) is 12.0. The zero-order valence-corrected chi connectivity index (χ0v) is 21.4. The summed E-state index contributed by atoms with van der Waals surface area (Å²) in [5, 5.41) is 12.9. The molecule has 3 aromatic rings. The van der Waals surface area contributed by atoms with E-state index < -0.39 is 28.6 Å². The van der Waals surface area contributed by atoms with Crippen molar-refractivity contribution in [2.45, 2.75) is 13.5 Å². The first-order chi connectivity index (χ1) is 18.2. The minimum atomic E-state index is -0.992. The van der Waals surface area contributed by atoms with Crippen molar-refractivity contribution >= 4 is 51.2 Å². The lowest BCUT2D eigenvalue weighted by molar-refractivity contribution is -0.384. The SMILES string of the molecule is CCOc1cc(/C=C2\C(=O)NC(=O)N(c3cccc(F)c3)C2=O)cc(Br)c1OCc1ccc([N+](=O)[O-])cc1. The highest BCUT2D eigenvalue weighted by atomic mass is 79.9. The minimum Gasteiger partial charge on any atom is -0.490 e. The number of carbonyl (C=O) groups is 3. The van der Waals surface area contributed by atoms with E-state index in [4.69, 9.17) is 9.47 Å². The Morgan fingerprint density at radius 2 is 1.82 bits per heavy atom. The maximum atomic E-state index is 13.7. The third kappa shape index (κ3) is 5.70. The van der Waals surface area contributed by atoms with Crippen LogP contribution in [-0.2, 0) is 16.2 Å². The molecule has 10 nitrogen and oxygen atoms in total. The van der Waals surface area contributed by atoms with Gasteiger partial charge in [0.1, 0.15) is 18.0 Å². The van der Waals surface area contributed by atoms with Gasteiger partial charge in [-0.2, -0.15) is 0 Å². The maximum absolute atomic E-state index is 13.7. The number of halogens is 2. The fourth-order valence-electron chi connectivity index (χ4n) is 3.62. The summed E-state index contributed by atoms with van der Waals surface area (Å²) in [6.45, 7) is 2.13. The molecule has 1 aliphatic heterocycles. The maximum Gasteiger partial charge on any atom is 0.335 e. The number of non-ortho nitro benzene ring substituents is 1. The molecule has 0 radical (unpaired) electrons. The van der Waals surface area contributed by atoms with Gasteiger partial charge in [-0.05, 0) is 82.5 Å². The fraction of sp³-hybridized carbons (Fsp3) is 0.115. The van der Waals surface area contributed by atoms with Gasteiger partial charge in [-0.3, -0.25) is 25.0 Å². The summed E-state index contributed by atoms with van der Waals surface area (Å²) in [6.07, 6.45) is 1.28. The van der Waals surface area contributed by atoms with Gasteiger partial charge in [0, 0.05) is 12.1 Å². The second-order valence-corrected chi connectivity index (χ2v) is 8.77. The lowest BCUT2D eigenvalue weighted by Crippen LogP contribution is -2.54. The van der Waals surface area contributed by atoms with E-state index in [2.05, 4.69) is 21.2 Å². The highest BCUT2D eigenvalue weighted by Crippen LogP contribution is 2.38. The van der Waals surface area contributed by atoms with Crippen LogP contribution in [0.5, 0.6) is 11.5 Å². The van der Waals surface area contributed by atoms with Crippen molar-refractivity contribution in [1.29, 1.82) is 0 Å². The molecule has 0 spiro atoms. The minimum absolute atomic E-state index is 0.0305. The van der Waals surface area contributed by atoms with E-state index in [9.17, 15) is 28.9 Å². The molecule has 0 unspecified atom stereocenters. The average Bonchev–Trinajstić information content (AvgIpc) is 2.86. The van der Waals surface area contributed by atoms with E-state index in [1.165, 1.54) is 30.3 Å². The second-order valence-electron chi connectivity index (χ2n) is 7.91. The van der Waals surface area contributed by atoms with E-state index in [0.29, 0.717) is 32.0 Å². The van der Waals surface area contributed by atoms with Crippen molar-refractivity contribution < 1.29 is 33.2 Å². The molecular formula is C26H19BrFN3O7. The number of hydrogen-bond acceptors (Lipinski definition) is 7. The molecule has 0 saturated carbocycles. The summed E-state index contributed by atoms with van der Waals surface area (Å²) in [7, 11) is 0. The number of rotatable bonds is 8. The second kappa shape index (κ2) is 11.2. The van der Waals surface area contributed by atoms with Crippen molar-refractivity contribution in [2.75, 3.05) is 11.5 Å². The molecule has 4 rings (SSSR count). The predicted octanol–water partition coefficient (Wildman–Crippen LogP) is 5.14. The Balaban J connectivity index is 1.63. The van der Waals surface area contributed by atoms with E-state index >= 15 is 0 Å². The van der Waals surface area contributed by atoms with Gasteiger partial charge in [0.15, 0.2) is 11.5 Å². The molecular weight excluding hydrogens is 565 g/mol. The van der Waals surface area contributed by atoms with Gasteiger partial charge in [-0.15, -0.1) is 0 Å². The Morgan fingerprint density at radius 3 is 2.47 bits per heavy atom. The zero-order valence-electron chi connectivity index (χ0n) is 19.8. The quantitative estimate of drug-likeness (QED) is 0.168. The van der Waals surface area contributed by atoms with Gasteiger partial charge < -0.3 is 9.47 Å². The van der Waals surface area contributed by atoms with Gasteiger partial charge in [0.05, 0.1) is 21.7 Å². The Morgan fingerprint density at radius 1 is 1.08 bits per heavy atom. The zero-order chi connectivity index (χ0) is 27.4. The van der Waals surface area contributed by atoms with Crippen LogP contribution in [0.15, 0.2) is 70.7 Å². The van der Waals surface area contributed by atoms with Gasteiger partial charge >= 0.3 is 6.03 Å². The van der Waals surface area contributed by atoms with Crippen molar-refractivity contribution in [3.8, 4) is 11.5 Å². The number of nitro groups is 1. The molecule has 12 heteroatoms. The van der Waals surface area contributed by atoms with Crippen LogP contribution in [0.25, 0.3) is 6.08 Å². The van der Waals surface area contributed by atoms with E-state index in [0.717, 1.165) is 12.1 Å². The molecule has 0 aromatic heterocycles. The summed E-state index contributed by atoms with van der Waals surface area (Å²) in [4.78, 5) is 49.0. The van der Waals surface area contributed by atoms with E-state index in [1.807, 2.05) is 0 Å². The molecule has 38 heavy (non-hydrogen) atoms. The standard InChI is InChI=1S/C26H19BrFN3O7/c1-2-37-22-12-16(11-21(27)23(22)38-14-15-6-8-18(9-7-15)31(35)36)10-20-24(32)29-26(34)30(25(20)33)19-5-3-4-17(28)13-19/h3-13H,2,14H2,1H3,(H,29,32,34)/b20-10+. The summed E-state index contributed by atoms with van der Waals surface area (Å²) in [6, 6.07) is 12.9. The van der Waals surface area contributed by atoms with Crippen LogP contribution in [0.1, 0.15) is 18.1 Å². The number of urea groups is 1. The van der Waals surface area contributed by atoms with Crippen LogP contribution in [0.3, 0.4) is 0 Å². The summed E-state index contributed by atoms with van der Waals surface area (Å²) >= 11 is 3.42. The number of hydrogen-bond donors (Lipinski definition) is 1. The molecule has 0 atom stereocenters. The molecule has 3 aromatic carbocycles. The van der Waals surface area contributed by atoms with Crippen LogP contribution in [0.4, 0.5) is 20.6 Å². The smallest absolute Gasteiger partial charge is 0.335 e. The number of anilines is 1. The normalized spacial score (nSPS) is 14.4. The number of nitrogens with one attached hydrogen (secondary N) is 1. The predicted molar refractivity (Wildman–Crippen MR) is 138 cm³/mol. The van der Waals surface area contributed by atoms with Crippen LogP contribution in [0, 0.1) is 15.9 Å². The van der Waals surface area contributed by atoms with Crippen molar-refractivity contribution in [1.82, 2.24) is 5.32 Å². The third-order valence-corrected chi connectivity index (χ3v) is 5.93. The first-order valence-electron chi connectivity index (χ1n) is 11.2. The van der Waals surface area contributed by atoms with E-state index in [-0.39, 0.29) is 30.2 Å². The lowest BCUT2D eigenvalue weighted by Gasteiger charge is -2.26. The van der Waals surface area contributed by atoms with Gasteiger partial charge in [0.25, 0.3) is 17.5 Å². The Labute approximate surface area is 223 Å². The first kappa shape index (κ1) is 26.5. The van der Waals surface area contributed by atoms with Crippen molar-refractivity contribution in [3.63, 3.8) is 0 Å². The topological polar surface area (TPSA) is 128 Å². The average molecular weight is 584 g/mol. The lowest BCUT2D eigenvalue weighted by atomic mass is 10.1. The van der Waals surface area contributed by atoms with Crippen LogP contribution in [-0.4, -0.2) is 29.4 Å². The fourth-order valence-corrected chi connectivity index (χ4v) is 4.19. The Kier molecular flexibility index (Phi) is 7.82. The summed E-state index contributed by atoms with van der Waals surface area (Å²) in [5.41, 5.74) is 0.652. The number of benzene rings is 3. The molecule has 1 aliphatic rings. The van der Waals surface area contributed by atoms with Crippen LogP contribution in [0.2, 0.25) is 0 Å². The third-order valence-electron chi connectivity index (χ3n) is 5.34. The largest absolute Gasteiger partial charge is 0.490 e. The highest BCUT2D eigenvalue weighted by molar-refractivity contribution is 9.10. The van der Waals surface area contributed by atoms with Crippen LogP contribution < -0.4 is 19.7 Å². The van der Waals surface area contributed by atoms with E-state index in [1.54, 1.807) is 31.2 Å². The van der Waals surface area contributed by atoms with Gasteiger partial charge in [-0.25, -0.2) is 14.1 Å². The number of imide groups is 2. The summed E-state index contributed by atoms with van der Waals surface area (Å²) < 4.78 is 25.7. The monoisotopic (exact) mass is 583 g/mol. The molecule has 0 aliphatic carbocycles. The molecule has 1 saturated heterocycles. The number of carbonyl (C=O) groups excluding carboxylic acids is 3. The Bertz CT molecular complexity index is 1470. The molecule has 194 valence electrons. The number of ether oxygens (including phenoxy) is 2. The number of nitro benzene ring substituents is 1. The molecule has 4 amide bonds. The number of barbiturate groups is 1. The van der Waals surface area contributed by atoms with Crippen molar-refractivity contribution in [2.24, 2.45) is 0 Å². The highest BCUT2D eigenvalue weighted by Gasteiger charge is 2.37.